The van der Waals surface area contributed by atoms with Crippen molar-refractivity contribution in [3.8, 4) is 5.75 Å². The Bertz CT molecular complexity index is 510. The van der Waals surface area contributed by atoms with E-state index in [4.69, 9.17) is 34.0 Å². The fourth-order valence-electron chi connectivity index (χ4n) is 2.33. The van der Waals surface area contributed by atoms with E-state index in [9.17, 15) is 9.90 Å². The van der Waals surface area contributed by atoms with Crippen LogP contribution in [0.4, 0.5) is 0 Å². The molecule has 1 saturated heterocycles. The number of nitrogens with zero attached hydrogens (tertiary/aromatic N) is 1. The van der Waals surface area contributed by atoms with Crippen LogP contribution < -0.4 is 5.73 Å². The Morgan fingerprint density at radius 3 is 2.74 bits per heavy atom. The number of hydrogen-bond acceptors (Lipinski definition) is 4. The first-order valence-electron chi connectivity index (χ1n) is 5.79. The van der Waals surface area contributed by atoms with Crippen molar-refractivity contribution in [3.05, 3.63) is 27.7 Å². The number of β-amino-alcohol motifs (C(OH)–C–C–N with tert-alkyl or cyclic N) is 1. The monoisotopic (exact) mass is 304 g/mol. The molecule has 1 amide bonds. The van der Waals surface area contributed by atoms with Crippen LogP contribution >= 0.6 is 23.2 Å². The van der Waals surface area contributed by atoms with Crippen molar-refractivity contribution >= 4 is 29.1 Å². The Kier molecular flexibility index (Phi) is 4.20. The van der Waals surface area contributed by atoms with E-state index in [2.05, 4.69) is 0 Å². The third-order valence-corrected chi connectivity index (χ3v) is 4.12. The van der Waals surface area contributed by atoms with E-state index in [1.807, 2.05) is 0 Å². The lowest BCUT2D eigenvalue weighted by Crippen LogP contribution is -2.36. The Morgan fingerprint density at radius 1 is 1.42 bits per heavy atom. The fraction of sp³-hybridized carbons (Fsp3) is 0.417. The molecule has 1 aromatic rings. The lowest BCUT2D eigenvalue weighted by atomic mass is 9.93. The average Bonchev–Trinajstić information content (AvgIpc) is 2.64. The number of amides is 1. The van der Waals surface area contributed by atoms with Gasteiger partial charge in [0.2, 0.25) is 5.91 Å². The number of nitrogens with two attached hydrogens (primary N) is 1. The lowest BCUT2D eigenvalue weighted by molar-refractivity contribution is -0.129. The molecule has 1 aromatic carbocycles. The molecular formula is C12H14Cl2N2O3. The first-order valence-corrected chi connectivity index (χ1v) is 6.55. The summed E-state index contributed by atoms with van der Waals surface area (Å²) in [5, 5.41) is 19.3. The summed E-state index contributed by atoms with van der Waals surface area (Å²) >= 11 is 12.0. The average molecular weight is 305 g/mol. The van der Waals surface area contributed by atoms with E-state index in [0.29, 0.717) is 17.1 Å². The minimum atomic E-state index is -0.798. The zero-order valence-electron chi connectivity index (χ0n) is 10.0. The highest BCUT2D eigenvalue weighted by atomic mass is 35.5. The molecule has 4 N–H and O–H groups in total. The standard InChI is InChI=1S/C12H14Cl2N2O3/c13-7-1-2-8(18)9(10(7)14)6-5-16(3-4-17)12(19)11(6)15/h1-2,6,11,17-18H,3-5,15H2/t6-,11+/m1/s1. The van der Waals surface area contributed by atoms with Crippen LogP contribution in [0.2, 0.25) is 10.0 Å². The van der Waals surface area contributed by atoms with Crippen LogP contribution in [-0.4, -0.2) is 46.8 Å². The molecule has 2 rings (SSSR count). The number of carbonyl (C=O) groups is 1. The Balaban J connectivity index is 2.38. The van der Waals surface area contributed by atoms with Crippen LogP contribution in [0.25, 0.3) is 0 Å². The molecule has 1 aliphatic rings. The van der Waals surface area contributed by atoms with Crippen LogP contribution in [0.15, 0.2) is 12.1 Å². The van der Waals surface area contributed by atoms with Gasteiger partial charge in [-0.05, 0) is 12.1 Å². The summed E-state index contributed by atoms with van der Waals surface area (Å²) in [4.78, 5) is 13.4. The second-order valence-corrected chi connectivity index (χ2v) is 5.22. The van der Waals surface area contributed by atoms with Gasteiger partial charge < -0.3 is 20.8 Å². The van der Waals surface area contributed by atoms with E-state index in [1.54, 1.807) is 0 Å². The minimum Gasteiger partial charge on any atom is -0.508 e. The highest BCUT2D eigenvalue weighted by Crippen LogP contribution is 2.41. The van der Waals surface area contributed by atoms with E-state index < -0.39 is 12.0 Å². The maximum atomic E-state index is 11.9. The van der Waals surface area contributed by atoms with E-state index in [0.717, 1.165) is 0 Å². The number of halogens is 2. The third-order valence-electron chi connectivity index (χ3n) is 3.30. The molecule has 0 aliphatic carbocycles. The molecule has 7 heteroatoms. The van der Waals surface area contributed by atoms with Gasteiger partial charge in [0.1, 0.15) is 5.75 Å². The summed E-state index contributed by atoms with van der Waals surface area (Å²) in [6.07, 6.45) is 0. The van der Waals surface area contributed by atoms with Crippen molar-refractivity contribution < 1.29 is 15.0 Å². The third kappa shape index (κ3) is 2.51. The van der Waals surface area contributed by atoms with Crippen molar-refractivity contribution in [3.63, 3.8) is 0 Å². The molecule has 19 heavy (non-hydrogen) atoms. The van der Waals surface area contributed by atoms with E-state index in [1.165, 1.54) is 17.0 Å². The SMILES string of the molecule is N[C@@H]1C(=O)N(CCO)C[C@@H]1c1c(O)ccc(Cl)c1Cl. The molecule has 1 fully saturated rings. The highest BCUT2D eigenvalue weighted by molar-refractivity contribution is 6.42. The minimum absolute atomic E-state index is 0.0338. The van der Waals surface area contributed by atoms with Gasteiger partial charge in [0, 0.05) is 24.6 Å². The van der Waals surface area contributed by atoms with Gasteiger partial charge >= 0.3 is 0 Å². The second-order valence-electron chi connectivity index (χ2n) is 4.43. The number of likely N-dealkylation sites (tertiary alicyclic amines) is 1. The number of carbonyl (C=O) groups excluding carboxylic acids is 1. The maximum absolute atomic E-state index is 11.9. The number of rotatable bonds is 3. The fourth-order valence-corrected chi connectivity index (χ4v) is 2.79. The number of phenols is 1. The molecule has 1 heterocycles. The van der Waals surface area contributed by atoms with Gasteiger partial charge in [0.15, 0.2) is 0 Å². The zero-order chi connectivity index (χ0) is 14.2. The smallest absolute Gasteiger partial charge is 0.240 e. The van der Waals surface area contributed by atoms with Gasteiger partial charge in [-0.25, -0.2) is 0 Å². The summed E-state index contributed by atoms with van der Waals surface area (Å²) in [6.45, 7) is 0.372. The Hall–Kier alpha value is -1.01. The molecule has 0 saturated carbocycles. The van der Waals surface area contributed by atoms with Crippen LogP contribution in [-0.2, 0) is 4.79 Å². The Morgan fingerprint density at radius 2 is 2.11 bits per heavy atom. The van der Waals surface area contributed by atoms with E-state index in [-0.39, 0.29) is 29.8 Å². The summed E-state index contributed by atoms with van der Waals surface area (Å²) in [5.74, 6) is -0.742. The van der Waals surface area contributed by atoms with Gasteiger partial charge in [-0.15, -0.1) is 0 Å². The van der Waals surface area contributed by atoms with Crippen molar-refractivity contribution in [1.29, 1.82) is 0 Å². The molecular weight excluding hydrogens is 291 g/mol. The van der Waals surface area contributed by atoms with Crippen LogP contribution in [0, 0.1) is 0 Å². The molecule has 1 aliphatic heterocycles. The molecule has 2 atom stereocenters. The number of aliphatic hydroxyl groups is 1. The van der Waals surface area contributed by atoms with Crippen molar-refractivity contribution in [2.24, 2.45) is 5.73 Å². The first-order chi connectivity index (χ1) is 8.97. The van der Waals surface area contributed by atoms with Crippen molar-refractivity contribution in [2.45, 2.75) is 12.0 Å². The quantitative estimate of drug-likeness (QED) is 0.776. The van der Waals surface area contributed by atoms with Crippen LogP contribution in [0.3, 0.4) is 0 Å². The van der Waals surface area contributed by atoms with Crippen LogP contribution in [0.5, 0.6) is 5.75 Å². The zero-order valence-corrected chi connectivity index (χ0v) is 11.5. The summed E-state index contributed by atoms with van der Waals surface area (Å²) in [6, 6.07) is 2.11. The topological polar surface area (TPSA) is 86.8 Å². The van der Waals surface area contributed by atoms with Gasteiger partial charge in [0.05, 0.1) is 22.7 Å². The summed E-state index contributed by atoms with van der Waals surface area (Å²) < 4.78 is 0. The molecule has 104 valence electrons. The largest absolute Gasteiger partial charge is 0.508 e. The normalized spacial score (nSPS) is 23.2. The predicted molar refractivity (Wildman–Crippen MR) is 72.5 cm³/mol. The molecule has 0 aromatic heterocycles. The Labute approximate surface area is 120 Å². The van der Waals surface area contributed by atoms with Gasteiger partial charge in [-0.3, -0.25) is 4.79 Å². The molecule has 5 nitrogen and oxygen atoms in total. The molecule has 0 unspecified atom stereocenters. The van der Waals surface area contributed by atoms with Crippen molar-refractivity contribution in [2.75, 3.05) is 19.7 Å². The van der Waals surface area contributed by atoms with Crippen molar-refractivity contribution in [1.82, 2.24) is 4.90 Å². The number of aliphatic hydroxyl groups excluding tert-OH is 1. The van der Waals surface area contributed by atoms with Crippen LogP contribution in [0.1, 0.15) is 11.5 Å². The summed E-state index contributed by atoms with van der Waals surface area (Å²) in [7, 11) is 0. The first kappa shape index (κ1) is 14.4. The van der Waals surface area contributed by atoms with E-state index >= 15 is 0 Å². The van der Waals surface area contributed by atoms with Gasteiger partial charge in [-0.1, -0.05) is 23.2 Å². The maximum Gasteiger partial charge on any atom is 0.240 e. The summed E-state index contributed by atoms with van der Waals surface area (Å²) in [5.41, 5.74) is 6.26. The number of aromatic hydroxyl groups is 1. The number of phenolic OH excluding ortho intramolecular Hbond substituents is 1. The van der Waals surface area contributed by atoms with Gasteiger partial charge in [-0.2, -0.15) is 0 Å². The number of benzene rings is 1. The number of hydrogen-bond donors (Lipinski definition) is 3. The molecule has 0 spiro atoms. The molecule has 0 radical (unpaired) electrons. The highest BCUT2D eigenvalue weighted by Gasteiger charge is 2.40. The molecule has 0 bridgehead atoms. The lowest BCUT2D eigenvalue weighted by Gasteiger charge is -2.17. The predicted octanol–water partition coefficient (Wildman–Crippen LogP) is 0.944. The second kappa shape index (κ2) is 5.54. The van der Waals surface area contributed by atoms with Gasteiger partial charge in [0.25, 0.3) is 0 Å².